The average Bonchev–Trinajstić information content (AvgIpc) is 3.56. The molecule has 0 spiro atoms. The van der Waals surface area contributed by atoms with Gasteiger partial charge >= 0.3 is 0 Å². The second kappa shape index (κ2) is 15.0. The van der Waals surface area contributed by atoms with Gasteiger partial charge in [0.05, 0.1) is 18.8 Å². The topological polar surface area (TPSA) is 138 Å². The van der Waals surface area contributed by atoms with Gasteiger partial charge in [-0.2, -0.15) is 0 Å². The zero-order valence-electron chi connectivity index (χ0n) is 31.2. The molecule has 9 heteroatoms. The fourth-order valence-electron chi connectivity index (χ4n) is 11.9. The van der Waals surface area contributed by atoms with E-state index in [1.807, 2.05) is 0 Å². The molecule has 0 bridgehead atoms. The van der Waals surface area contributed by atoms with E-state index in [2.05, 4.69) is 47.6 Å². The maximum Gasteiger partial charge on any atom is 0.186 e. The van der Waals surface area contributed by atoms with E-state index in [1.165, 1.54) is 50.5 Å². The molecule has 0 aromatic rings. The fourth-order valence-corrected chi connectivity index (χ4v) is 11.9. The minimum Gasteiger partial charge on any atom is -0.388 e. The molecule has 0 radical (unpaired) electrons. The van der Waals surface area contributed by atoms with Gasteiger partial charge in [0.2, 0.25) is 0 Å². The van der Waals surface area contributed by atoms with Gasteiger partial charge in [-0.1, -0.05) is 66.0 Å². The highest BCUT2D eigenvalue weighted by atomic mass is 16.7. The molecule has 49 heavy (non-hydrogen) atoms. The Balaban J connectivity index is 1.04. The first-order valence-electron chi connectivity index (χ1n) is 19.9. The van der Waals surface area contributed by atoms with Gasteiger partial charge in [0, 0.05) is 0 Å². The fraction of sp³-hybridized carbons (Fsp3) is 0.950. The molecule has 2 aliphatic heterocycles. The summed E-state index contributed by atoms with van der Waals surface area (Å²) in [5, 5.41) is 51.9. The number of aliphatic hydroxyl groups excluding tert-OH is 5. The molecule has 0 amide bonds. The molecule has 0 unspecified atom stereocenters. The lowest BCUT2D eigenvalue weighted by molar-refractivity contribution is -0.300. The van der Waals surface area contributed by atoms with Crippen molar-refractivity contribution in [2.75, 3.05) is 6.61 Å². The van der Waals surface area contributed by atoms with Crippen LogP contribution in [0.2, 0.25) is 0 Å². The molecular weight excluding hydrogens is 624 g/mol. The van der Waals surface area contributed by atoms with Crippen LogP contribution < -0.4 is 0 Å². The molecule has 2 heterocycles. The molecule has 6 aliphatic rings. The van der Waals surface area contributed by atoms with Crippen LogP contribution in [0, 0.1) is 52.3 Å². The summed E-state index contributed by atoms with van der Waals surface area (Å²) in [6.07, 6.45) is 5.47. The summed E-state index contributed by atoms with van der Waals surface area (Å²) in [5.41, 5.74) is 2.14. The minimum absolute atomic E-state index is 0.105. The number of fused-ring (bicyclic) bond motifs is 5. The minimum atomic E-state index is -1.45. The van der Waals surface area contributed by atoms with Crippen LogP contribution >= 0.6 is 0 Å². The third-order valence-electron chi connectivity index (χ3n) is 15.2. The average molecular weight is 693 g/mol. The van der Waals surface area contributed by atoms with E-state index in [9.17, 15) is 25.5 Å². The quantitative estimate of drug-likeness (QED) is 0.182. The first kappa shape index (κ1) is 38.1. The summed E-state index contributed by atoms with van der Waals surface area (Å²) >= 11 is 0. The van der Waals surface area contributed by atoms with E-state index in [4.69, 9.17) is 18.9 Å². The van der Waals surface area contributed by atoms with Crippen molar-refractivity contribution in [1.82, 2.24) is 0 Å². The highest BCUT2D eigenvalue weighted by Gasteiger charge is 2.59. The molecule has 6 rings (SSSR count). The highest BCUT2D eigenvalue weighted by molar-refractivity contribution is 5.25. The molecule has 3 saturated carbocycles. The monoisotopic (exact) mass is 692 g/mol. The van der Waals surface area contributed by atoms with E-state index in [1.54, 1.807) is 6.92 Å². The third-order valence-corrected chi connectivity index (χ3v) is 15.2. The van der Waals surface area contributed by atoms with Gasteiger partial charge in [-0.15, -0.1) is 0 Å². The van der Waals surface area contributed by atoms with Crippen LogP contribution in [0.4, 0.5) is 0 Å². The van der Waals surface area contributed by atoms with E-state index in [-0.39, 0.29) is 18.1 Å². The molecule has 5 N–H and O–H groups in total. The van der Waals surface area contributed by atoms with Gasteiger partial charge in [-0.25, -0.2) is 0 Å². The molecule has 2 saturated heterocycles. The maximum atomic E-state index is 10.8. The van der Waals surface area contributed by atoms with Gasteiger partial charge in [-0.3, -0.25) is 0 Å². The summed E-state index contributed by atoms with van der Waals surface area (Å²) < 4.78 is 23.5. The van der Waals surface area contributed by atoms with E-state index in [0.717, 1.165) is 61.2 Å². The van der Waals surface area contributed by atoms with E-state index >= 15 is 0 Å². The van der Waals surface area contributed by atoms with E-state index < -0.39 is 55.3 Å². The van der Waals surface area contributed by atoms with E-state index in [0.29, 0.717) is 11.3 Å². The SMILES string of the molecule is CC[C@H](CC[C@@H](C)[C@@H]1CC[C@@H]2[C@H]3CC=C4C[C@@H](O[C@H]5O[C@H](CO[C@H]6O[C@@H](C)[C@H](O)[C@@H](O)[C@@H]6O)[C@@H](O)[C@@H]5O)CC[C@]4(C)[C@H]3CC[C@@]21C)C(C)C. The van der Waals surface area contributed by atoms with Gasteiger partial charge in [0.25, 0.3) is 0 Å². The van der Waals surface area contributed by atoms with Crippen molar-refractivity contribution >= 4 is 0 Å². The third kappa shape index (κ3) is 7.08. The van der Waals surface area contributed by atoms with Crippen LogP contribution in [0.1, 0.15) is 119 Å². The van der Waals surface area contributed by atoms with Crippen LogP contribution in [0.3, 0.4) is 0 Å². The van der Waals surface area contributed by atoms with Crippen LogP contribution in [-0.4, -0.2) is 93.6 Å². The van der Waals surface area contributed by atoms with Crippen molar-refractivity contribution in [2.24, 2.45) is 52.3 Å². The zero-order valence-corrected chi connectivity index (χ0v) is 31.2. The Morgan fingerprint density at radius 2 is 1.57 bits per heavy atom. The van der Waals surface area contributed by atoms with Crippen LogP contribution in [0.25, 0.3) is 0 Å². The Morgan fingerprint density at radius 1 is 0.837 bits per heavy atom. The molecule has 18 atom stereocenters. The second-order valence-corrected chi connectivity index (χ2v) is 18.0. The lowest BCUT2D eigenvalue weighted by Crippen LogP contribution is -2.57. The summed E-state index contributed by atoms with van der Waals surface area (Å²) in [4.78, 5) is 0. The van der Waals surface area contributed by atoms with Crippen molar-refractivity contribution in [3.05, 3.63) is 11.6 Å². The predicted molar refractivity (Wildman–Crippen MR) is 186 cm³/mol. The Kier molecular flexibility index (Phi) is 11.7. The molecule has 282 valence electrons. The molecule has 0 aromatic heterocycles. The first-order chi connectivity index (χ1) is 23.2. The summed E-state index contributed by atoms with van der Waals surface area (Å²) in [7, 11) is 0. The first-order valence-corrected chi connectivity index (χ1v) is 19.9. The number of rotatable bonds is 11. The van der Waals surface area contributed by atoms with Crippen molar-refractivity contribution in [3.63, 3.8) is 0 Å². The molecular formula is C40H68O9. The normalized spacial score (nSPS) is 49.6. The van der Waals surface area contributed by atoms with Crippen molar-refractivity contribution in [2.45, 2.75) is 181 Å². The lowest BCUT2D eigenvalue weighted by Gasteiger charge is -2.58. The number of hydrogen-bond acceptors (Lipinski definition) is 9. The predicted octanol–water partition coefficient (Wildman–Crippen LogP) is 5.34. The lowest BCUT2D eigenvalue weighted by atomic mass is 9.47. The van der Waals surface area contributed by atoms with Crippen LogP contribution in [0.5, 0.6) is 0 Å². The number of hydrogen-bond donors (Lipinski definition) is 5. The maximum absolute atomic E-state index is 10.8. The molecule has 0 aromatic carbocycles. The Labute approximate surface area is 295 Å². The van der Waals surface area contributed by atoms with Crippen molar-refractivity contribution < 1.29 is 44.5 Å². The Morgan fingerprint density at radius 3 is 2.29 bits per heavy atom. The number of aliphatic hydroxyl groups is 5. The van der Waals surface area contributed by atoms with Gasteiger partial charge in [-0.05, 0) is 117 Å². The molecule has 5 fully saturated rings. The second-order valence-electron chi connectivity index (χ2n) is 18.0. The zero-order chi connectivity index (χ0) is 35.4. The van der Waals surface area contributed by atoms with Crippen molar-refractivity contribution in [1.29, 1.82) is 0 Å². The highest BCUT2D eigenvalue weighted by Crippen LogP contribution is 2.67. The van der Waals surface area contributed by atoms with Gasteiger partial charge in [0.15, 0.2) is 12.6 Å². The van der Waals surface area contributed by atoms with Gasteiger partial charge < -0.3 is 44.5 Å². The van der Waals surface area contributed by atoms with Crippen LogP contribution in [-0.2, 0) is 18.9 Å². The van der Waals surface area contributed by atoms with Gasteiger partial charge in [0.1, 0.15) is 36.6 Å². The molecule has 4 aliphatic carbocycles. The number of allylic oxidation sites excluding steroid dienone is 1. The summed E-state index contributed by atoms with van der Waals surface area (Å²) in [6, 6.07) is 0. The summed E-state index contributed by atoms with van der Waals surface area (Å²) in [6.45, 7) is 16.3. The standard InChI is InChI=1S/C40H68O9/c1-8-24(21(2)3)10-9-22(4)28-13-14-29-27-12-11-25-19-26(15-17-39(25,6)30(27)16-18-40(28,29)7)48-38-35(44)33(42)31(49-38)20-46-37-36(45)34(43)32(41)23(5)47-37/h11,21-24,26-38,41-45H,8-10,12-20H2,1-7H3/t22-,23+,24-,26+,27-,28+,29-,30+,31-,32+,33-,34-,35+,36+,37+,38+,39+,40-/m1/s1. The smallest absolute Gasteiger partial charge is 0.186 e. The van der Waals surface area contributed by atoms with Crippen molar-refractivity contribution in [3.8, 4) is 0 Å². The van der Waals surface area contributed by atoms with Crippen LogP contribution in [0.15, 0.2) is 11.6 Å². The largest absolute Gasteiger partial charge is 0.388 e. The number of ether oxygens (including phenoxy) is 4. The Hall–Kier alpha value is -0.620. The Bertz CT molecular complexity index is 1150. The summed E-state index contributed by atoms with van der Waals surface area (Å²) in [5.74, 6) is 5.55. The molecule has 9 nitrogen and oxygen atoms in total.